The van der Waals surface area contributed by atoms with Crippen molar-refractivity contribution in [2.24, 2.45) is 5.92 Å². The maximum atomic E-state index is 12.4. The van der Waals surface area contributed by atoms with Gasteiger partial charge in [-0.15, -0.1) is 0 Å². The van der Waals surface area contributed by atoms with E-state index in [2.05, 4.69) is 34.4 Å². The second-order valence-electron chi connectivity index (χ2n) is 6.69. The van der Waals surface area contributed by atoms with E-state index in [0.29, 0.717) is 6.04 Å². The van der Waals surface area contributed by atoms with E-state index in [0.717, 1.165) is 18.8 Å². The third-order valence-corrected chi connectivity index (χ3v) is 5.71. The Labute approximate surface area is 131 Å². The summed E-state index contributed by atoms with van der Waals surface area (Å²) < 4.78 is 0. The van der Waals surface area contributed by atoms with E-state index in [1.54, 1.807) is 11.3 Å². The fourth-order valence-electron chi connectivity index (χ4n) is 3.86. The number of nitrogens with one attached hydrogen (secondary N) is 2. The summed E-state index contributed by atoms with van der Waals surface area (Å²) in [7, 11) is 0. The molecule has 1 amide bonds. The quantitative estimate of drug-likeness (QED) is 0.897. The van der Waals surface area contributed by atoms with Gasteiger partial charge in [0.25, 0.3) is 0 Å². The van der Waals surface area contributed by atoms with Gasteiger partial charge in [-0.2, -0.15) is 11.3 Å². The molecule has 1 saturated carbocycles. The van der Waals surface area contributed by atoms with Gasteiger partial charge in [0.15, 0.2) is 0 Å². The Morgan fingerprint density at radius 2 is 2.24 bits per heavy atom. The van der Waals surface area contributed by atoms with Crippen LogP contribution in [-0.2, 0) is 11.2 Å². The first-order chi connectivity index (χ1) is 10.2. The molecule has 2 heterocycles. The van der Waals surface area contributed by atoms with Crippen molar-refractivity contribution in [2.75, 3.05) is 0 Å². The van der Waals surface area contributed by atoms with Crippen LogP contribution in [-0.4, -0.2) is 24.0 Å². The summed E-state index contributed by atoms with van der Waals surface area (Å²) in [6, 6.07) is 2.95. The summed E-state index contributed by atoms with van der Waals surface area (Å²) in [4.78, 5) is 12.4. The third-order valence-electron chi connectivity index (χ3n) is 4.98. The van der Waals surface area contributed by atoms with Crippen molar-refractivity contribution in [3.63, 3.8) is 0 Å². The monoisotopic (exact) mass is 306 g/mol. The van der Waals surface area contributed by atoms with Crippen molar-refractivity contribution in [3.05, 3.63) is 22.4 Å². The molecule has 0 aromatic carbocycles. The lowest BCUT2D eigenvalue weighted by atomic mass is 9.77. The van der Waals surface area contributed by atoms with E-state index in [1.165, 1.54) is 37.7 Å². The number of fused-ring (bicyclic) bond motifs is 1. The largest absolute Gasteiger partial charge is 0.352 e. The Hall–Kier alpha value is -0.870. The lowest BCUT2D eigenvalue weighted by Crippen LogP contribution is -2.56. The minimum absolute atomic E-state index is 0.0225. The lowest BCUT2D eigenvalue weighted by Gasteiger charge is -2.40. The molecule has 4 heteroatoms. The second-order valence-corrected chi connectivity index (χ2v) is 7.47. The lowest BCUT2D eigenvalue weighted by molar-refractivity contribution is -0.125. The fraction of sp³-hybridized carbons (Fsp3) is 0.706. The van der Waals surface area contributed by atoms with Crippen molar-refractivity contribution >= 4 is 17.2 Å². The molecule has 21 heavy (non-hydrogen) atoms. The summed E-state index contributed by atoms with van der Waals surface area (Å²) in [5.74, 6) is 1.01. The van der Waals surface area contributed by atoms with E-state index in [-0.39, 0.29) is 18.0 Å². The van der Waals surface area contributed by atoms with E-state index >= 15 is 0 Å². The van der Waals surface area contributed by atoms with Crippen molar-refractivity contribution in [2.45, 2.75) is 70.0 Å². The zero-order valence-corrected chi connectivity index (χ0v) is 13.6. The number of thiophene rings is 1. The van der Waals surface area contributed by atoms with Gasteiger partial charge in [-0.05, 0) is 67.3 Å². The number of carbonyl (C=O) groups excluding carboxylic acids is 1. The smallest absolute Gasteiger partial charge is 0.237 e. The Morgan fingerprint density at radius 3 is 3.05 bits per heavy atom. The molecule has 1 aromatic heterocycles. The summed E-state index contributed by atoms with van der Waals surface area (Å²) in [5.41, 5.74) is 1.32. The Kier molecular flexibility index (Phi) is 4.96. The van der Waals surface area contributed by atoms with Crippen molar-refractivity contribution < 1.29 is 4.79 Å². The molecule has 1 aromatic rings. The van der Waals surface area contributed by atoms with Crippen LogP contribution in [0.15, 0.2) is 16.8 Å². The molecule has 1 aliphatic carbocycles. The summed E-state index contributed by atoms with van der Waals surface area (Å²) in [6.45, 7) is 2.10. The molecule has 2 fully saturated rings. The van der Waals surface area contributed by atoms with Crippen LogP contribution < -0.4 is 10.6 Å². The number of amides is 1. The van der Waals surface area contributed by atoms with Crippen LogP contribution >= 0.6 is 11.3 Å². The van der Waals surface area contributed by atoms with Gasteiger partial charge in [0.1, 0.15) is 0 Å². The molecule has 116 valence electrons. The molecule has 1 aliphatic heterocycles. The number of rotatable bonds is 4. The summed E-state index contributed by atoms with van der Waals surface area (Å²) >= 11 is 1.72. The zero-order chi connectivity index (χ0) is 14.7. The van der Waals surface area contributed by atoms with Gasteiger partial charge in [0.05, 0.1) is 6.04 Å². The van der Waals surface area contributed by atoms with E-state index in [4.69, 9.17) is 0 Å². The van der Waals surface area contributed by atoms with Crippen LogP contribution in [0.3, 0.4) is 0 Å². The Balaban J connectivity index is 1.48. The first-order valence-corrected chi connectivity index (χ1v) is 9.24. The highest BCUT2D eigenvalue weighted by Crippen LogP contribution is 2.32. The van der Waals surface area contributed by atoms with Crippen molar-refractivity contribution in [3.8, 4) is 0 Å². The number of piperidine rings is 1. The predicted octanol–water partition coefficient (Wildman–Crippen LogP) is 3.11. The molecule has 4 unspecified atom stereocenters. The molecule has 0 radical (unpaired) electrons. The summed E-state index contributed by atoms with van der Waals surface area (Å²) in [5, 5.41) is 11.0. The molecule has 2 aliphatic rings. The van der Waals surface area contributed by atoms with Crippen molar-refractivity contribution in [1.29, 1.82) is 0 Å². The Morgan fingerprint density at radius 1 is 1.38 bits per heavy atom. The van der Waals surface area contributed by atoms with Gasteiger partial charge in [0, 0.05) is 12.1 Å². The van der Waals surface area contributed by atoms with Crippen LogP contribution in [0.5, 0.6) is 0 Å². The fourth-order valence-corrected chi connectivity index (χ4v) is 4.54. The van der Waals surface area contributed by atoms with E-state index in [1.807, 2.05) is 0 Å². The van der Waals surface area contributed by atoms with Crippen LogP contribution in [0.1, 0.15) is 51.0 Å². The highest BCUT2D eigenvalue weighted by molar-refractivity contribution is 7.07. The van der Waals surface area contributed by atoms with E-state index in [9.17, 15) is 4.79 Å². The first-order valence-electron chi connectivity index (χ1n) is 8.30. The minimum atomic E-state index is 0.0225. The number of carbonyl (C=O) groups is 1. The topological polar surface area (TPSA) is 41.1 Å². The standard InChI is InChI=1S/C17H26N2OS/c1-12(10-13-8-9-21-11-13)18-17(20)16-7-6-14-4-2-3-5-15(14)19-16/h8-9,11-12,14-16,19H,2-7,10H2,1H3,(H,18,20). The maximum absolute atomic E-state index is 12.4. The molecular formula is C17H26N2OS. The minimum Gasteiger partial charge on any atom is -0.352 e. The molecule has 1 saturated heterocycles. The van der Waals surface area contributed by atoms with Crippen LogP contribution in [0.2, 0.25) is 0 Å². The normalized spacial score (nSPS) is 30.4. The van der Waals surface area contributed by atoms with E-state index < -0.39 is 0 Å². The molecule has 0 spiro atoms. The van der Waals surface area contributed by atoms with Gasteiger partial charge < -0.3 is 10.6 Å². The molecule has 2 N–H and O–H groups in total. The third kappa shape index (κ3) is 3.86. The summed E-state index contributed by atoms with van der Waals surface area (Å²) in [6.07, 6.45) is 8.43. The van der Waals surface area contributed by atoms with Gasteiger partial charge in [-0.3, -0.25) is 4.79 Å². The van der Waals surface area contributed by atoms with Gasteiger partial charge in [-0.25, -0.2) is 0 Å². The van der Waals surface area contributed by atoms with Gasteiger partial charge in [0.2, 0.25) is 5.91 Å². The molecule has 4 atom stereocenters. The molecule has 0 bridgehead atoms. The van der Waals surface area contributed by atoms with Crippen LogP contribution in [0.4, 0.5) is 0 Å². The van der Waals surface area contributed by atoms with Gasteiger partial charge in [-0.1, -0.05) is 12.8 Å². The molecule has 3 nitrogen and oxygen atoms in total. The van der Waals surface area contributed by atoms with Gasteiger partial charge >= 0.3 is 0 Å². The highest BCUT2D eigenvalue weighted by Gasteiger charge is 2.34. The van der Waals surface area contributed by atoms with Crippen molar-refractivity contribution in [1.82, 2.24) is 10.6 Å². The second kappa shape index (κ2) is 6.93. The zero-order valence-electron chi connectivity index (χ0n) is 12.8. The maximum Gasteiger partial charge on any atom is 0.237 e. The highest BCUT2D eigenvalue weighted by atomic mass is 32.1. The number of hydrogen-bond donors (Lipinski definition) is 2. The molecular weight excluding hydrogens is 280 g/mol. The predicted molar refractivity (Wildman–Crippen MR) is 87.5 cm³/mol. The SMILES string of the molecule is CC(Cc1ccsc1)NC(=O)C1CCC2CCCCC2N1. The first kappa shape index (κ1) is 15.0. The number of hydrogen-bond acceptors (Lipinski definition) is 3. The van der Waals surface area contributed by atoms with Crippen LogP contribution in [0, 0.1) is 5.92 Å². The molecule has 3 rings (SSSR count). The average molecular weight is 306 g/mol. The average Bonchev–Trinajstić information content (AvgIpc) is 2.99. The van der Waals surface area contributed by atoms with Crippen LogP contribution in [0.25, 0.3) is 0 Å². The Bertz CT molecular complexity index is 459.